The van der Waals surface area contributed by atoms with E-state index in [1.807, 2.05) is 31.2 Å². The van der Waals surface area contributed by atoms with Gasteiger partial charge in [0.25, 0.3) is 0 Å². The number of aliphatic carboxylic acids is 1. The minimum Gasteiger partial charge on any atom is -0.494 e. The largest absolute Gasteiger partial charge is 0.494 e. The van der Waals surface area contributed by atoms with Crippen molar-refractivity contribution in [3.8, 4) is 5.75 Å². The summed E-state index contributed by atoms with van der Waals surface area (Å²) < 4.78 is 5.35. The SMILES string of the molecule is CCOc1cccc(C(N)CCC(=O)O)c1. The van der Waals surface area contributed by atoms with Crippen molar-refractivity contribution in [1.29, 1.82) is 0 Å². The van der Waals surface area contributed by atoms with E-state index in [4.69, 9.17) is 15.6 Å². The molecule has 1 atom stereocenters. The molecule has 0 spiro atoms. The summed E-state index contributed by atoms with van der Waals surface area (Å²) in [6, 6.07) is 7.21. The summed E-state index contributed by atoms with van der Waals surface area (Å²) in [6.45, 7) is 2.52. The Morgan fingerprint density at radius 2 is 2.31 bits per heavy atom. The molecular weight excluding hydrogens is 206 g/mol. The fraction of sp³-hybridized carbons (Fsp3) is 0.417. The first-order chi connectivity index (χ1) is 7.63. The van der Waals surface area contributed by atoms with Gasteiger partial charge in [-0.2, -0.15) is 0 Å². The molecule has 0 heterocycles. The number of ether oxygens (including phenoxy) is 1. The molecule has 0 amide bonds. The van der Waals surface area contributed by atoms with Gasteiger partial charge in [-0.25, -0.2) is 0 Å². The van der Waals surface area contributed by atoms with Crippen LogP contribution >= 0.6 is 0 Å². The van der Waals surface area contributed by atoms with Crippen LogP contribution in [0.4, 0.5) is 0 Å². The van der Waals surface area contributed by atoms with Gasteiger partial charge in [0, 0.05) is 12.5 Å². The molecule has 0 aromatic heterocycles. The molecule has 1 aromatic rings. The Labute approximate surface area is 95.0 Å². The lowest BCUT2D eigenvalue weighted by Crippen LogP contribution is -2.12. The number of hydrogen-bond acceptors (Lipinski definition) is 3. The number of rotatable bonds is 6. The van der Waals surface area contributed by atoms with Crippen LogP contribution in [0.5, 0.6) is 5.75 Å². The topological polar surface area (TPSA) is 72.5 Å². The van der Waals surface area contributed by atoms with E-state index in [9.17, 15) is 4.79 Å². The summed E-state index contributed by atoms with van der Waals surface area (Å²) >= 11 is 0. The second kappa shape index (κ2) is 6.12. The molecule has 0 radical (unpaired) electrons. The van der Waals surface area contributed by atoms with Crippen LogP contribution in [0, 0.1) is 0 Å². The molecule has 1 aromatic carbocycles. The lowest BCUT2D eigenvalue weighted by Gasteiger charge is -2.12. The smallest absolute Gasteiger partial charge is 0.303 e. The standard InChI is InChI=1S/C12H17NO3/c1-2-16-10-5-3-4-9(8-10)11(13)6-7-12(14)15/h3-5,8,11H,2,6-7,13H2,1H3,(H,14,15). The van der Waals surface area contributed by atoms with Gasteiger partial charge in [0.1, 0.15) is 5.75 Å². The van der Waals surface area contributed by atoms with Crippen molar-refractivity contribution < 1.29 is 14.6 Å². The zero-order valence-corrected chi connectivity index (χ0v) is 9.35. The molecule has 0 saturated heterocycles. The molecule has 1 rings (SSSR count). The van der Waals surface area contributed by atoms with Crippen molar-refractivity contribution in [1.82, 2.24) is 0 Å². The Balaban J connectivity index is 2.63. The highest BCUT2D eigenvalue weighted by atomic mass is 16.5. The van der Waals surface area contributed by atoms with Crippen LogP contribution in [0.25, 0.3) is 0 Å². The lowest BCUT2D eigenvalue weighted by molar-refractivity contribution is -0.137. The van der Waals surface area contributed by atoms with E-state index in [1.165, 1.54) is 0 Å². The molecule has 0 aliphatic heterocycles. The van der Waals surface area contributed by atoms with Crippen molar-refractivity contribution in [3.63, 3.8) is 0 Å². The van der Waals surface area contributed by atoms with Crippen LogP contribution in [0.3, 0.4) is 0 Å². The Kier molecular flexibility index (Phi) is 4.79. The fourth-order valence-electron chi connectivity index (χ4n) is 1.45. The molecular formula is C12H17NO3. The molecule has 1 unspecified atom stereocenters. The third kappa shape index (κ3) is 3.90. The first-order valence-corrected chi connectivity index (χ1v) is 5.33. The molecule has 0 aliphatic carbocycles. The molecule has 88 valence electrons. The number of nitrogens with two attached hydrogens (primary N) is 1. The number of carboxylic acids is 1. The van der Waals surface area contributed by atoms with E-state index in [1.54, 1.807) is 0 Å². The quantitative estimate of drug-likeness (QED) is 0.773. The third-order valence-corrected chi connectivity index (χ3v) is 2.27. The van der Waals surface area contributed by atoms with Gasteiger partial charge in [-0.15, -0.1) is 0 Å². The van der Waals surface area contributed by atoms with E-state index in [0.717, 1.165) is 11.3 Å². The Morgan fingerprint density at radius 1 is 1.56 bits per heavy atom. The van der Waals surface area contributed by atoms with E-state index in [2.05, 4.69) is 0 Å². The van der Waals surface area contributed by atoms with Gasteiger partial charge in [0.05, 0.1) is 6.61 Å². The molecule has 0 aliphatic rings. The summed E-state index contributed by atoms with van der Waals surface area (Å²) in [4.78, 5) is 10.4. The number of carbonyl (C=O) groups is 1. The van der Waals surface area contributed by atoms with E-state index in [-0.39, 0.29) is 12.5 Å². The monoisotopic (exact) mass is 223 g/mol. The minimum absolute atomic E-state index is 0.0834. The van der Waals surface area contributed by atoms with Gasteiger partial charge >= 0.3 is 5.97 Å². The van der Waals surface area contributed by atoms with Crippen LogP contribution < -0.4 is 10.5 Å². The van der Waals surface area contributed by atoms with Crippen molar-refractivity contribution >= 4 is 5.97 Å². The Morgan fingerprint density at radius 3 is 2.94 bits per heavy atom. The average Bonchev–Trinajstić information content (AvgIpc) is 2.26. The molecule has 0 bridgehead atoms. The zero-order valence-electron chi connectivity index (χ0n) is 9.35. The van der Waals surface area contributed by atoms with Gasteiger partial charge < -0.3 is 15.6 Å². The lowest BCUT2D eigenvalue weighted by atomic mass is 10.0. The molecule has 0 saturated carbocycles. The summed E-state index contributed by atoms with van der Waals surface area (Å²) in [6.07, 6.45) is 0.519. The first kappa shape index (κ1) is 12.5. The first-order valence-electron chi connectivity index (χ1n) is 5.33. The van der Waals surface area contributed by atoms with E-state index >= 15 is 0 Å². The highest BCUT2D eigenvalue weighted by Gasteiger charge is 2.09. The zero-order chi connectivity index (χ0) is 12.0. The Bertz CT molecular complexity index is 352. The van der Waals surface area contributed by atoms with Gasteiger partial charge in [-0.3, -0.25) is 4.79 Å². The maximum atomic E-state index is 10.4. The number of benzene rings is 1. The van der Waals surface area contributed by atoms with Crippen molar-refractivity contribution in [2.24, 2.45) is 5.73 Å². The Hall–Kier alpha value is -1.55. The summed E-state index contributed by atoms with van der Waals surface area (Å²) in [5, 5.41) is 8.57. The van der Waals surface area contributed by atoms with Crippen LogP contribution in [0.1, 0.15) is 31.4 Å². The second-order valence-electron chi connectivity index (χ2n) is 3.54. The summed E-state index contributed by atoms with van der Waals surface area (Å²) in [7, 11) is 0. The average molecular weight is 223 g/mol. The number of hydrogen-bond donors (Lipinski definition) is 2. The van der Waals surface area contributed by atoms with Gasteiger partial charge in [0.15, 0.2) is 0 Å². The van der Waals surface area contributed by atoms with Crippen LogP contribution in [-0.4, -0.2) is 17.7 Å². The van der Waals surface area contributed by atoms with Crippen LogP contribution in [-0.2, 0) is 4.79 Å². The summed E-state index contributed by atoms with van der Waals surface area (Å²) in [5.41, 5.74) is 6.80. The molecule has 16 heavy (non-hydrogen) atoms. The highest BCUT2D eigenvalue weighted by molar-refractivity contribution is 5.66. The van der Waals surface area contributed by atoms with Crippen molar-refractivity contribution in [2.45, 2.75) is 25.8 Å². The molecule has 4 heteroatoms. The predicted molar refractivity (Wildman–Crippen MR) is 61.4 cm³/mol. The number of carboxylic acid groups (broad SMARTS) is 1. The second-order valence-corrected chi connectivity index (χ2v) is 3.54. The predicted octanol–water partition coefficient (Wildman–Crippen LogP) is 1.95. The van der Waals surface area contributed by atoms with Gasteiger partial charge in [-0.05, 0) is 31.0 Å². The fourth-order valence-corrected chi connectivity index (χ4v) is 1.45. The normalized spacial score (nSPS) is 12.1. The maximum Gasteiger partial charge on any atom is 0.303 e. The maximum absolute atomic E-state index is 10.4. The molecule has 3 N–H and O–H groups in total. The van der Waals surface area contributed by atoms with Crippen LogP contribution in [0.2, 0.25) is 0 Å². The molecule has 4 nitrogen and oxygen atoms in total. The van der Waals surface area contributed by atoms with Crippen molar-refractivity contribution in [3.05, 3.63) is 29.8 Å². The third-order valence-electron chi connectivity index (χ3n) is 2.27. The highest BCUT2D eigenvalue weighted by Crippen LogP contribution is 2.20. The van der Waals surface area contributed by atoms with E-state index < -0.39 is 5.97 Å². The van der Waals surface area contributed by atoms with Crippen LogP contribution in [0.15, 0.2) is 24.3 Å². The van der Waals surface area contributed by atoms with E-state index in [0.29, 0.717) is 13.0 Å². The van der Waals surface area contributed by atoms with Gasteiger partial charge in [-0.1, -0.05) is 12.1 Å². The van der Waals surface area contributed by atoms with Gasteiger partial charge in [0.2, 0.25) is 0 Å². The summed E-state index contributed by atoms with van der Waals surface area (Å²) in [5.74, 6) is -0.0535. The minimum atomic E-state index is -0.823. The van der Waals surface area contributed by atoms with Crippen molar-refractivity contribution in [2.75, 3.05) is 6.61 Å². The molecule has 0 fully saturated rings.